The molecule has 0 unspecified atom stereocenters. The van der Waals surface area contributed by atoms with Crippen LogP contribution in [0.1, 0.15) is 29.0 Å². The molecule has 2 aromatic carbocycles. The second-order valence-corrected chi connectivity index (χ2v) is 5.73. The van der Waals surface area contributed by atoms with Crippen molar-refractivity contribution < 1.29 is 14.6 Å². The number of carbonyl (C=O) groups is 1. The largest absolute Gasteiger partial charge is 0.503 e. The molecule has 0 fully saturated rings. The molecule has 0 bridgehead atoms. The molecule has 1 heterocycles. The van der Waals surface area contributed by atoms with Gasteiger partial charge in [-0.2, -0.15) is 0 Å². The zero-order chi connectivity index (χ0) is 15.7. The average Bonchev–Trinajstić information content (AvgIpc) is 2.52. The molecule has 0 spiro atoms. The number of phenolic OH excluding ortho intramolecular Hbond substituents is 1. The van der Waals surface area contributed by atoms with Gasteiger partial charge in [-0.15, -0.1) is 0 Å². The molecule has 5 nitrogen and oxygen atoms in total. The van der Waals surface area contributed by atoms with Gasteiger partial charge in [0.2, 0.25) is 0 Å². The lowest BCUT2D eigenvalue weighted by Crippen LogP contribution is -2.38. The van der Waals surface area contributed by atoms with Gasteiger partial charge in [0.25, 0.3) is 5.91 Å². The van der Waals surface area contributed by atoms with Gasteiger partial charge < -0.3 is 20.5 Å². The zero-order valence-electron chi connectivity index (χ0n) is 11.9. The first-order valence-corrected chi connectivity index (χ1v) is 7.71. The van der Waals surface area contributed by atoms with Crippen molar-refractivity contribution in [1.29, 1.82) is 0 Å². The molecule has 0 aromatic heterocycles. The minimum absolute atomic E-state index is 0.0492. The Labute approximate surface area is 136 Å². The predicted octanol–water partition coefficient (Wildman–Crippen LogP) is 3.41. The van der Waals surface area contributed by atoms with E-state index in [4.69, 9.17) is 4.74 Å². The van der Waals surface area contributed by atoms with E-state index in [0.717, 1.165) is 11.3 Å². The molecule has 0 saturated carbocycles. The van der Waals surface area contributed by atoms with Crippen LogP contribution in [-0.2, 0) is 0 Å². The van der Waals surface area contributed by atoms with E-state index in [1.165, 1.54) is 0 Å². The Morgan fingerprint density at radius 1 is 1.27 bits per heavy atom. The third kappa shape index (κ3) is 2.62. The standard InChI is InChI=1S/C16H15BrN2O3/c1-2-22-13-8-9(7-11(17)14(13)20)15-18-12-6-4-3-5-10(12)16(21)19-15/h3-8,15,18,20H,2H2,1H3,(H,19,21)/t15-/m1/s1. The van der Waals surface area contributed by atoms with Crippen molar-refractivity contribution in [2.24, 2.45) is 0 Å². The monoisotopic (exact) mass is 362 g/mol. The van der Waals surface area contributed by atoms with Crippen molar-refractivity contribution in [3.05, 3.63) is 52.0 Å². The van der Waals surface area contributed by atoms with Crippen LogP contribution >= 0.6 is 15.9 Å². The first-order chi connectivity index (χ1) is 10.6. The minimum Gasteiger partial charge on any atom is -0.503 e. The summed E-state index contributed by atoms with van der Waals surface area (Å²) in [7, 11) is 0. The highest BCUT2D eigenvalue weighted by atomic mass is 79.9. The number of halogens is 1. The summed E-state index contributed by atoms with van der Waals surface area (Å²) in [4.78, 5) is 12.2. The molecule has 3 N–H and O–H groups in total. The Morgan fingerprint density at radius 2 is 2.05 bits per heavy atom. The van der Waals surface area contributed by atoms with Crippen LogP contribution in [0.2, 0.25) is 0 Å². The summed E-state index contributed by atoms with van der Waals surface area (Å²) in [5.74, 6) is 0.288. The normalized spacial score (nSPS) is 16.5. The van der Waals surface area contributed by atoms with E-state index < -0.39 is 6.17 Å². The molecule has 1 aliphatic heterocycles. The summed E-state index contributed by atoms with van der Waals surface area (Å²) in [5, 5.41) is 16.1. The van der Waals surface area contributed by atoms with Crippen LogP contribution < -0.4 is 15.4 Å². The van der Waals surface area contributed by atoms with Crippen molar-refractivity contribution in [1.82, 2.24) is 5.32 Å². The molecule has 0 aliphatic carbocycles. The summed E-state index contributed by atoms with van der Waals surface area (Å²) in [6.07, 6.45) is -0.390. The molecular formula is C16H15BrN2O3. The highest BCUT2D eigenvalue weighted by molar-refractivity contribution is 9.10. The number of rotatable bonds is 3. The fourth-order valence-corrected chi connectivity index (χ4v) is 2.86. The number of benzene rings is 2. The Balaban J connectivity index is 1.97. The smallest absolute Gasteiger partial charge is 0.255 e. The van der Waals surface area contributed by atoms with Gasteiger partial charge in [-0.05, 0) is 52.7 Å². The molecule has 2 aromatic rings. The number of hydrogen-bond donors (Lipinski definition) is 3. The van der Waals surface area contributed by atoms with Crippen molar-refractivity contribution >= 4 is 27.5 Å². The number of aromatic hydroxyl groups is 1. The van der Waals surface area contributed by atoms with E-state index in [-0.39, 0.29) is 11.7 Å². The number of amides is 1. The van der Waals surface area contributed by atoms with E-state index in [2.05, 4.69) is 26.6 Å². The molecule has 6 heteroatoms. The van der Waals surface area contributed by atoms with Crippen molar-refractivity contribution in [2.45, 2.75) is 13.1 Å². The third-order valence-corrected chi connectivity index (χ3v) is 4.04. The van der Waals surface area contributed by atoms with Gasteiger partial charge in [0.15, 0.2) is 11.5 Å². The molecular weight excluding hydrogens is 348 g/mol. The molecule has 1 amide bonds. The maximum absolute atomic E-state index is 12.2. The van der Waals surface area contributed by atoms with Gasteiger partial charge in [-0.3, -0.25) is 4.79 Å². The van der Waals surface area contributed by atoms with Crippen molar-refractivity contribution in [3.63, 3.8) is 0 Å². The van der Waals surface area contributed by atoms with E-state index in [0.29, 0.717) is 22.4 Å². The minimum atomic E-state index is -0.390. The Morgan fingerprint density at radius 3 is 2.82 bits per heavy atom. The average molecular weight is 363 g/mol. The highest BCUT2D eigenvalue weighted by Crippen LogP contribution is 2.38. The van der Waals surface area contributed by atoms with Gasteiger partial charge in [0.05, 0.1) is 16.6 Å². The van der Waals surface area contributed by atoms with Gasteiger partial charge >= 0.3 is 0 Å². The lowest BCUT2D eigenvalue weighted by molar-refractivity contribution is 0.0935. The number of nitrogens with one attached hydrogen (secondary N) is 2. The maximum Gasteiger partial charge on any atom is 0.255 e. The molecule has 3 rings (SSSR count). The van der Waals surface area contributed by atoms with Crippen LogP contribution in [0.4, 0.5) is 5.69 Å². The van der Waals surface area contributed by atoms with E-state index in [1.807, 2.05) is 25.1 Å². The topological polar surface area (TPSA) is 70.6 Å². The van der Waals surface area contributed by atoms with Crippen molar-refractivity contribution in [2.75, 3.05) is 11.9 Å². The predicted molar refractivity (Wildman–Crippen MR) is 87.2 cm³/mol. The lowest BCUT2D eigenvalue weighted by Gasteiger charge is -2.28. The second-order valence-electron chi connectivity index (χ2n) is 4.88. The molecule has 1 aliphatic rings. The second kappa shape index (κ2) is 5.88. The maximum atomic E-state index is 12.2. The first-order valence-electron chi connectivity index (χ1n) is 6.91. The number of anilines is 1. The number of fused-ring (bicyclic) bond motifs is 1. The summed E-state index contributed by atoms with van der Waals surface area (Å²) >= 11 is 3.31. The number of ether oxygens (including phenoxy) is 1. The third-order valence-electron chi connectivity index (χ3n) is 3.43. The Hall–Kier alpha value is -2.21. The van der Waals surface area contributed by atoms with E-state index >= 15 is 0 Å². The fourth-order valence-electron chi connectivity index (χ4n) is 2.40. The number of carbonyl (C=O) groups excluding carboxylic acids is 1. The summed E-state index contributed by atoms with van der Waals surface area (Å²) in [6.45, 7) is 2.29. The molecule has 0 saturated heterocycles. The van der Waals surface area contributed by atoms with Crippen LogP contribution in [-0.4, -0.2) is 17.6 Å². The highest BCUT2D eigenvalue weighted by Gasteiger charge is 2.25. The zero-order valence-corrected chi connectivity index (χ0v) is 13.5. The van der Waals surface area contributed by atoms with E-state index in [9.17, 15) is 9.90 Å². The Bertz CT molecular complexity index is 733. The van der Waals surface area contributed by atoms with Crippen LogP contribution in [0.5, 0.6) is 11.5 Å². The fraction of sp³-hybridized carbons (Fsp3) is 0.188. The van der Waals surface area contributed by atoms with Crippen molar-refractivity contribution in [3.8, 4) is 11.5 Å². The molecule has 0 radical (unpaired) electrons. The quantitative estimate of drug-likeness (QED) is 0.782. The van der Waals surface area contributed by atoms with Gasteiger partial charge in [0, 0.05) is 5.69 Å². The summed E-state index contributed by atoms with van der Waals surface area (Å²) in [6, 6.07) is 10.8. The van der Waals surface area contributed by atoms with E-state index in [1.54, 1.807) is 18.2 Å². The first kappa shape index (κ1) is 14.7. The molecule has 22 heavy (non-hydrogen) atoms. The number of hydrogen-bond acceptors (Lipinski definition) is 4. The van der Waals surface area contributed by atoms with Crippen LogP contribution in [0.3, 0.4) is 0 Å². The van der Waals surface area contributed by atoms with Gasteiger partial charge in [-0.1, -0.05) is 12.1 Å². The SMILES string of the molecule is CCOc1cc([C@H]2NC(=O)c3ccccc3N2)cc(Br)c1O. The van der Waals surface area contributed by atoms with Gasteiger partial charge in [-0.25, -0.2) is 0 Å². The molecule has 114 valence electrons. The number of para-hydroxylation sites is 1. The van der Waals surface area contributed by atoms with Gasteiger partial charge in [0.1, 0.15) is 6.17 Å². The van der Waals surface area contributed by atoms with Crippen LogP contribution in [0.15, 0.2) is 40.9 Å². The van der Waals surface area contributed by atoms with Crippen LogP contribution in [0, 0.1) is 0 Å². The molecule has 1 atom stereocenters. The summed E-state index contributed by atoms with van der Waals surface area (Å²) in [5.41, 5.74) is 2.18. The number of phenols is 1. The lowest BCUT2D eigenvalue weighted by atomic mass is 10.1. The summed E-state index contributed by atoms with van der Waals surface area (Å²) < 4.78 is 5.94. The van der Waals surface area contributed by atoms with Crippen LogP contribution in [0.25, 0.3) is 0 Å². The Kier molecular flexibility index (Phi) is 3.94.